The van der Waals surface area contributed by atoms with Crippen LogP contribution in [0, 0.1) is 17.8 Å². The number of halogens is 1. The van der Waals surface area contributed by atoms with Gasteiger partial charge in [0.2, 0.25) is 0 Å². The van der Waals surface area contributed by atoms with Crippen LogP contribution < -0.4 is 0 Å². The smallest absolute Gasteiger partial charge is 0.306 e. The number of carbonyl (C=O) groups is 1. The standard InChI is InChI=1S/C13H21BrO2/c14-12-7-2-1-6-11(12)9-4-3-5-10(8-9)13(15)16/h9-12H,1-8H2,(H,15,16). The van der Waals surface area contributed by atoms with Crippen molar-refractivity contribution < 1.29 is 9.90 Å². The predicted molar refractivity (Wildman–Crippen MR) is 67.8 cm³/mol. The van der Waals surface area contributed by atoms with E-state index < -0.39 is 5.97 Å². The highest BCUT2D eigenvalue weighted by Crippen LogP contribution is 2.42. The van der Waals surface area contributed by atoms with Crippen LogP contribution in [0.2, 0.25) is 0 Å². The van der Waals surface area contributed by atoms with Gasteiger partial charge in [0.25, 0.3) is 0 Å². The zero-order chi connectivity index (χ0) is 11.5. The van der Waals surface area contributed by atoms with E-state index in [4.69, 9.17) is 5.11 Å². The molecule has 0 spiro atoms. The first kappa shape index (κ1) is 12.4. The van der Waals surface area contributed by atoms with E-state index in [1.54, 1.807) is 0 Å². The van der Waals surface area contributed by atoms with Gasteiger partial charge in [-0.1, -0.05) is 41.6 Å². The minimum atomic E-state index is -0.577. The molecule has 0 aromatic heterocycles. The molecule has 0 radical (unpaired) electrons. The topological polar surface area (TPSA) is 37.3 Å². The fourth-order valence-corrected chi connectivity index (χ4v) is 4.51. The van der Waals surface area contributed by atoms with Crippen LogP contribution in [0.3, 0.4) is 0 Å². The second-order valence-electron chi connectivity index (χ2n) is 5.43. The largest absolute Gasteiger partial charge is 0.481 e. The molecule has 2 aliphatic carbocycles. The predicted octanol–water partition coefficient (Wildman–Crippen LogP) is 3.83. The molecule has 16 heavy (non-hydrogen) atoms. The lowest BCUT2D eigenvalue weighted by molar-refractivity contribution is -0.143. The second-order valence-corrected chi connectivity index (χ2v) is 6.60. The van der Waals surface area contributed by atoms with Gasteiger partial charge in [-0.15, -0.1) is 0 Å². The highest BCUT2D eigenvalue weighted by atomic mass is 79.9. The maximum absolute atomic E-state index is 11.1. The minimum absolute atomic E-state index is 0.0691. The molecule has 4 atom stereocenters. The number of carboxylic acids is 1. The van der Waals surface area contributed by atoms with E-state index in [1.807, 2.05) is 0 Å². The normalized spacial score (nSPS) is 40.6. The molecule has 2 rings (SSSR count). The quantitative estimate of drug-likeness (QED) is 0.784. The van der Waals surface area contributed by atoms with Crippen LogP contribution in [0.15, 0.2) is 0 Å². The summed E-state index contributed by atoms with van der Waals surface area (Å²) in [5.74, 6) is 0.738. The van der Waals surface area contributed by atoms with Crippen LogP contribution in [-0.2, 0) is 4.79 Å². The first-order valence-electron chi connectivity index (χ1n) is 6.55. The lowest BCUT2D eigenvalue weighted by Gasteiger charge is -2.38. The maximum Gasteiger partial charge on any atom is 0.306 e. The van der Waals surface area contributed by atoms with E-state index in [0.717, 1.165) is 25.2 Å². The summed E-state index contributed by atoms with van der Waals surface area (Å²) in [6.07, 6.45) is 9.41. The molecule has 0 aromatic rings. The summed E-state index contributed by atoms with van der Waals surface area (Å²) in [5.41, 5.74) is 0. The van der Waals surface area contributed by atoms with E-state index in [0.29, 0.717) is 10.7 Å². The molecular formula is C13H21BrO2. The summed E-state index contributed by atoms with van der Waals surface area (Å²) in [6.45, 7) is 0. The van der Waals surface area contributed by atoms with E-state index in [2.05, 4.69) is 15.9 Å². The van der Waals surface area contributed by atoms with E-state index in [9.17, 15) is 4.79 Å². The first-order chi connectivity index (χ1) is 7.68. The zero-order valence-electron chi connectivity index (χ0n) is 9.70. The Bertz CT molecular complexity index is 254. The Balaban J connectivity index is 1.95. The average Bonchev–Trinajstić information content (AvgIpc) is 2.30. The molecule has 0 bridgehead atoms. The van der Waals surface area contributed by atoms with Crippen molar-refractivity contribution in [2.24, 2.45) is 17.8 Å². The number of hydrogen-bond acceptors (Lipinski definition) is 1. The highest BCUT2D eigenvalue weighted by molar-refractivity contribution is 9.09. The Morgan fingerprint density at radius 2 is 1.81 bits per heavy atom. The van der Waals surface area contributed by atoms with Crippen LogP contribution >= 0.6 is 15.9 Å². The fourth-order valence-electron chi connectivity index (χ4n) is 3.49. The second kappa shape index (κ2) is 5.52. The van der Waals surface area contributed by atoms with Crippen LogP contribution in [0.5, 0.6) is 0 Å². The molecule has 92 valence electrons. The minimum Gasteiger partial charge on any atom is -0.481 e. The molecule has 0 heterocycles. The third kappa shape index (κ3) is 2.79. The van der Waals surface area contributed by atoms with Crippen LogP contribution in [0.25, 0.3) is 0 Å². The number of alkyl halides is 1. The molecule has 3 heteroatoms. The van der Waals surface area contributed by atoms with Crippen LogP contribution in [0.4, 0.5) is 0 Å². The monoisotopic (exact) mass is 288 g/mol. The summed E-state index contributed by atoms with van der Waals surface area (Å²) in [7, 11) is 0. The fraction of sp³-hybridized carbons (Fsp3) is 0.923. The van der Waals surface area contributed by atoms with Gasteiger partial charge in [0.1, 0.15) is 0 Å². The summed E-state index contributed by atoms with van der Waals surface area (Å²) in [5, 5.41) is 9.11. The van der Waals surface area contributed by atoms with E-state index in [-0.39, 0.29) is 5.92 Å². The summed E-state index contributed by atoms with van der Waals surface area (Å²) in [6, 6.07) is 0. The van der Waals surface area contributed by atoms with Gasteiger partial charge in [-0.2, -0.15) is 0 Å². The third-order valence-corrected chi connectivity index (χ3v) is 5.54. The number of rotatable bonds is 2. The molecule has 2 nitrogen and oxygen atoms in total. The maximum atomic E-state index is 11.1. The molecule has 0 aromatic carbocycles. The molecule has 0 saturated heterocycles. The van der Waals surface area contributed by atoms with E-state index in [1.165, 1.54) is 32.1 Å². The zero-order valence-corrected chi connectivity index (χ0v) is 11.3. The van der Waals surface area contributed by atoms with Gasteiger partial charge < -0.3 is 5.11 Å². The Morgan fingerprint density at radius 1 is 1.06 bits per heavy atom. The molecule has 0 amide bonds. The Labute approximate surface area is 106 Å². The van der Waals surface area contributed by atoms with Crippen molar-refractivity contribution in [1.82, 2.24) is 0 Å². The molecule has 2 aliphatic rings. The summed E-state index contributed by atoms with van der Waals surface area (Å²) >= 11 is 3.80. The Kier molecular flexibility index (Phi) is 4.28. The van der Waals surface area contributed by atoms with Gasteiger partial charge in [-0.05, 0) is 37.5 Å². The Morgan fingerprint density at radius 3 is 2.50 bits per heavy atom. The lowest BCUT2D eigenvalue weighted by atomic mass is 9.70. The highest BCUT2D eigenvalue weighted by Gasteiger charge is 2.35. The molecule has 2 fully saturated rings. The van der Waals surface area contributed by atoms with Crippen molar-refractivity contribution >= 4 is 21.9 Å². The number of hydrogen-bond donors (Lipinski definition) is 1. The lowest BCUT2D eigenvalue weighted by Crippen LogP contribution is -2.32. The third-order valence-electron chi connectivity index (χ3n) is 4.40. The van der Waals surface area contributed by atoms with Crippen molar-refractivity contribution in [2.75, 3.05) is 0 Å². The first-order valence-corrected chi connectivity index (χ1v) is 7.47. The molecule has 0 aliphatic heterocycles. The van der Waals surface area contributed by atoms with Gasteiger partial charge in [0.05, 0.1) is 5.92 Å². The van der Waals surface area contributed by atoms with Gasteiger partial charge in [0, 0.05) is 4.83 Å². The van der Waals surface area contributed by atoms with Crippen molar-refractivity contribution in [2.45, 2.75) is 56.2 Å². The molecular weight excluding hydrogens is 268 g/mol. The average molecular weight is 289 g/mol. The molecule has 2 saturated carbocycles. The van der Waals surface area contributed by atoms with Crippen molar-refractivity contribution in [3.8, 4) is 0 Å². The number of aliphatic carboxylic acids is 1. The molecule has 1 N–H and O–H groups in total. The van der Waals surface area contributed by atoms with Gasteiger partial charge in [-0.3, -0.25) is 4.79 Å². The van der Waals surface area contributed by atoms with Crippen molar-refractivity contribution in [1.29, 1.82) is 0 Å². The van der Waals surface area contributed by atoms with Crippen molar-refractivity contribution in [3.63, 3.8) is 0 Å². The Hall–Kier alpha value is -0.0500. The summed E-state index contributed by atoms with van der Waals surface area (Å²) in [4.78, 5) is 11.7. The van der Waals surface area contributed by atoms with Gasteiger partial charge in [0.15, 0.2) is 0 Å². The number of carboxylic acid groups (broad SMARTS) is 1. The van der Waals surface area contributed by atoms with Crippen LogP contribution in [-0.4, -0.2) is 15.9 Å². The van der Waals surface area contributed by atoms with Crippen molar-refractivity contribution in [3.05, 3.63) is 0 Å². The SMILES string of the molecule is O=C(O)C1CCCC(C2CCCCC2Br)C1. The van der Waals surface area contributed by atoms with E-state index >= 15 is 0 Å². The summed E-state index contributed by atoms with van der Waals surface area (Å²) < 4.78 is 0. The molecule has 4 unspecified atom stereocenters. The van der Waals surface area contributed by atoms with Gasteiger partial charge in [-0.25, -0.2) is 0 Å². The van der Waals surface area contributed by atoms with Crippen LogP contribution in [0.1, 0.15) is 51.4 Å². The van der Waals surface area contributed by atoms with Gasteiger partial charge >= 0.3 is 5.97 Å².